The number of fused-ring (bicyclic) bond motifs is 1. The van der Waals surface area contributed by atoms with E-state index in [4.69, 9.17) is 11.6 Å². The summed E-state index contributed by atoms with van der Waals surface area (Å²) in [5.74, 6) is -0.0372. The summed E-state index contributed by atoms with van der Waals surface area (Å²) in [6, 6.07) is 15.5. The van der Waals surface area contributed by atoms with E-state index in [0.29, 0.717) is 11.6 Å². The molecule has 3 aromatic rings. The maximum absolute atomic E-state index is 11.9. The molecule has 0 saturated carbocycles. The number of para-hydroxylation sites is 1. The largest absolute Gasteiger partial charge is 0.376 e. The van der Waals surface area contributed by atoms with Crippen LogP contribution in [0.2, 0.25) is 5.02 Å². The Hall–Kier alpha value is -2.46. The maximum atomic E-state index is 11.9. The van der Waals surface area contributed by atoms with Crippen molar-refractivity contribution in [2.75, 3.05) is 18.4 Å². The highest BCUT2D eigenvalue weighted by Crippen LogP contribution is 2.17. The maximum Gasteiger partial charge on any atom is 0.239 e. The van der Waals surface area contributed by atoms with Gasteiger partial charge in [-0.25, -0.2) is 0 Å². The lowest BCUT2D eigenvalue weighted by molar-refractivity contribution is -0.119. The standard InChI is InChI=1S/C18H18ClN3O/c19-14-4-3-5-15(10-14)21-12-18(23)20-9-8-13-11-22-17-7-2-1-6-16(13)17/h1-7,10-11,21-22H,8-9,12H2,(H,20,23). The van der Waals surface area contributed by atoms with Crippen molar-refractivity contribution < 1.29 is 4.79 Å². The molecule has 0 fully saturated rings. The Morgan fingerprint density at radius 3 is 2.87 bits per heavy atom. The van der Waals surface area contributed by atoms with Gasteiger partial charge in [0.15, 0.2) is 0 Å². The molecule has 23 heavy (non-hydrogen) atoms. The SMILES string of the molecule is O=C(CNc1cccc(Cl)c1)NCCc1c[nH]c2ccccc12. The van der Waals surface area contributed by atoms with Crippen LogP contribution in [0.1, 0.15) is 5.56 Å². The summed E-state index contributed by atoms with van der Waals surface area (Å²) in [4.78, 5) is 15.1. The van der Waals surface area contributed by atoms with Crippen molar-refractivity contribution in [2.24, 2.45) is 0 Å². The average Bonchev–Trinajstić information content (AvgIpc) is 2.97. The van der Waals surface area contributed by atoms with Crippen LogP contribution in [0.25, 0.3) is 10.9 Å². The van der Waals surface area contributed by atoms with Gasteiger partial charge in [0.05, 0.1) is 6.54 Å². The zero-order chi connectivity index (χ0) is 16.1. The summed E-state index contributed by atoms with van der Waals surface area (Å²) in [6.45, 7) is 0.839. The molecule has 0 aliphatic carbocycles. The predicted molar refractivity (Wildman–Crippen MR) is 95.0 cm³/mol. The van der Waals surface area contributed by atoms with Gasteiger partial charge in [0.2, 0.25) is 5.91 Å². The summed E-state index contributed by atoms with van der Waals surface area (Å²) in [7, 11) is 0. The number of carbonyl (C=O) groups excluding carboxylic acids is 1. The minimum Gasteiger partial charge on any atom is -0.376 e. The molecular weight excluding hydrogens is 310 g/mol. The van der Waals surface area contributed by atoms with Gasteiger partial charge < -0.3 is 15.6 Å². The van der Waals surface area contributed by atoms with Crippen molar-refractivity contribution in [3.8, 4) is 0 Å². The Balaban J connectivity index is 1.46. The number of nitrogens with one attached hydrogen (secondary N) is 3. The fourth-order valence-corrected chi connectivity index (χ4v) is 2.71. The fraction of sp³-hybridized carbons (Fsp3) is 0.167. The number of aromatic nitrogens is 1. The fourth-order valence-electron chi connectivity index (χ4n) is 2.52. The Bertz CT molecular complexity index is 813. The van der Waals surface area contributed by atoms with E-state index in [1.165, 1.54) is 10.9 Å². The van der Waals surface area contributed by atoms with Crippen LogP contribution in [0.5, 0.6) is 0 Å². The van der Waals surface area contributed by atoms with E-state index in [1.54, 1.807) is 12.1 Å². The molecule has 2 aromatic carbocycles. The van der Waals surface area contributed by atoms with Crippen molar-refractivity contribution in [2.45, 2.75) is 6.42 Å². The minimum atomic E-state index is -0.0372. The third-order valence-corrected chi connectivity index (χ3v) is 3.90. The van der Waals surface area contributed by atoms with Crippen molar-refractivity contribution in [3.63, 3.8) is 0 Å². The zero-order valence-corrected chi connectivity index (χ0v) is 13.4. The van der Waals surface area contributed by atoms with Crippen LogP contribution in [0.15, 0.2) is 54.7 Å². The second kappa shape index (κ2) is 7.20. The van der Waals surface area contributed by atoms with Crippen molar-refractivity contribution >= 4 is 34.1 Å². The summed E-state index contributed by atoms with van der Waals surface area (Å²) < 4.78 is 0. The van der Waals surface area contributed by atoms with Gasteiger partial charge in [-0.2, -0.15) is 0 Å². The molecule has 0 saturated heterocycles. The quantitative estimate of drug-likeness (QED) is 0.648. The van der Waals surface area contributed by atoms with E-state index in [9.17, 15) is 4.79 Å². The number of hydrogen-bond acceptors (Lipinski definition) is 2. The van der Waals surface area contributed by atoms with Crippen LogP contribution < -0.4 is 10.6 Å². The number of anilines is 1. The zero-order valence-electron chi connectivity index (χ0n) is 12.6. The monoisotopic (exact) mass is 327 g/mol. The van der Waals surface area contributed by atoms with Crippen LogP contribution in [0, 0.1) is 0 Å². The molecule has 3 N–H and O–H groups in total. The third kappa shape index (κ3) is 4.05. The van der Waals surface area contributed by atoms with Gasteiger partial charge in [-0.3, -0.25) is 4.79 Å². The van der Waals surface area contributed by atoms with Crippen LogP contribution >= 0.6 is 11.6 Å². The van der Waals surface area contributed by atoms with Gasteiger partial charge in [-0.1, -0.05) is 35.9 Å². The summed E-state index contributed by atoms with van der Waals surface area (Å²) in [5, 5.41) is 7.83. The summed E-state index contributed by atoms with van der Waals surface area (Å²) in [6.07, 6.45) is 2.80. The first kappa shape index (κ1) is 15.4. The van der Waals surface area contributed by atoms with Crippen LogP contribution in [0.3, 0.4) is 0 Å². The minimum absolute atomic E-state index is 0.0372. The third-order valence-electron chi connectivity index (χ3n) is 3.67. The van der Waals surface area contributed by atoms with E-state index in [2.05, 4.69) is 21.7 Å². The Labute approximate surface area is 139 Å². The molecule has 1 aromatic heterocycles. The normalized spacial score (nSPS) is 10.7. The van der Waals surface area contributed by atoms with E-state index < -0.39 is 0 Å². The molecule has 1 heterocycles. The van der Waals surface area contributed by atoms with Crippen molar-refractivity contribution in [3.05, 3.63) is 65.3 Å². The number of halogens is 1. The van der Waals surface area contributed by atoms with Crippen molar-refractivity contribution in [1.82, 2.24) is 10.3 Å². The number of carbonyl (C=O) groups is 1. The molecule has 0 spiro atoms. The van der Waals surface area contributed by atoms with E-state index in [-0.39, 0.29) is 12.5 Å². The molecular formula is C18H18ClN3O. The molecule has 5 heteroatoms. The molecule has 0 radical (unpaired) electrons. The lowest BCUT2D eigenvalue weighted by atomic mass is 10.1. The number of amides is 1. The number of benzene rings is 2. The second-order valence-corrected chi connectivity index (χ2v) is 5.76. The highest BCUT2D eigenvalue weighted by molar-refractivity contribution is 6.30. The van der Waals surface area contributed by atoms with Gasteiger partial charge in [-0.05, 0) is 36.2 Å². The lowest BCUT2D eigenvalue weighted by Gasteiger charge is -2.08. The van der Waals surface area contributed by atoms with Gasteiger partial charge in [0.25, 0.3) is 0 Å². The Morgan fingerprint density at radius 1 is 1.13 bits per heavy atom. The Morgan fingerprint density at radius 2 is 2.00 bits per heavy atom. The topological polar surface area (TPSA) is 56.9 Å². The molecule has 4 nitrogen and oxygen atoms in total. The van der Waals surface area contributed by atoms with Gasteiger partial charge in [0, 0.05) is 34.4 Å². The molecule has 0 bridgehead atoms. The van der Waals surface area contributed by atoms with Gasteiger partial charge in [0.1, 0.15) is 0 Å². The lowest BCUT2D eigenvalue weighted by Crippen LogP contribution is -2.31. The Kier molecular flexibility index (Phi) is 4.83. The van der Waals surface area contributed by atoms with Gasteiger partial charge in [-0.15, -0.1) is 0 Å². The van der Waals surface area contributed by atoms with E-state index in [0.717, 1.165) is 17.6 Å². The molecule has 0 aliphatic heterocycles. The molecule has 1 amide bonds. The number of rotatable bonds is 6. The second-order valence-electron chi connectivity index (χ2n) is 5.32. The first-order valence-corrected chi connectivity index (χ1v) is 7.91. The molecule has 0 unspecified atom stereocenters. The number of H-pyrrole nitrogens is 1. The number of aromatic amines is 1. The smallest absolute Gasteiger partial charge is 0.239 e. The molecule has 118 valence electrons. The first-order valence-electron chi connectivity index (χ1n) is 7.53. The molecule has 0 atom stereocenters. The highest BCUT2D eigenvalue weighted by atomic mass is 35.5. The van der Waals surface area contributed by atoms with Crippen molar-refractivity contribution in [1.29, 1.82) is 0 Å². The predicted octanol–water partition coefficient (Wildman–Crippen LogP) is 3.59. The van der Waals surface area contributed by atoms with Crippen LogP contribution in [-0.2, 0) is 11.2 Å². The average molecular weight is 328 g/mol. The summed E-state index contributed by atoms with van der Waals surface area (Å²) in [5.41, 5.74) is 3.17. The van der Waals surface area contributed by atoms with Crippen LogP contribution in [-0.4, -0.2) is 24.0 Å². The van der Waals surface area contributed by atoms with Gasteiger partial charge >= 0.3 is 0 Å². The van der Waals surface area contributed by atoms with Crippen LogP contribution in [0.4, 0.5) is 5.69 Å². The first-order chi connectivity index (χ1) is 11.2. The molecule has 3 rings (SSSR count). The number of hydrogen-bond donors (Lipinski definition) is 3. The highest BCUT2D eigenvalue weighted by Gasteiger charge is 2.04. The van der Waals surface area contributed by atoms with E-state index >= 15 is 0 Å². The van der Waals surface area contributed by atoms with E-state index in [1.807, 2.05) is 36.5 Å². The molecule has 0 aliphatic rings. The summed E-state index contributed by atoms with van der Waals surface area (Å²) >= 11 is 5.91.